The van der Waals surface area contributed by atoms with Crippen molar-refractivity contribution in [2.45, 2.75) is 32.3 Å². The van der Waals surface area contributed by atoms with Gasteiger partial charge in [0.1, 0.15) is 0 Å². The Bertz CT molecular complexity index is 781. The molecule has 4 heteroatoms. The van der Waals surface area contributed by atoms with Crippen LogP contribution < -0.4 is 4.90 Å². The third-order valence-electron chi connectivity index (χ3n) is 5.88. The number of benzene rings is 2. The molecule has 2 aliphatic heterocycles. The number of nitrogens with zero attached hydrogens (tertiary/aromatic N) is 2. The summed E-state index contributed by atoms with van der Waals surface area (Å²) in [6.07, 6.45) is 4.47. The summed E-state index contributed by atoms with van der Waals surface area (Å²) in [4.78, 5) is 17.6. The van der Waals surface area contributed by atoms with Crippen molar-refractivity contribution in [3.05, 3.63) is 65.2 Å². The van der Waals surface area contributed by atoms with Crippen LogP contribution in [0.1, 0.15) is 40.7 Å². The van der Waals surface area contributed by atoms with E-state index >= 15 is 0 Å². The Morgan fingerprint density at radius 3 is 2.41 bits per heavy atom. The van der Waals surface area contributed by atoms with Crippen LogP contribution in [0.2, 0.25) is 0 Å². The zero-order valence-electron chi connectivity index (χ0n) is 15.8. The van der Waals surface area contributed by atoms with Crippen molar-refractivity contribution in [3.63, 3.8) is 0 Å². The highest BCUT2D eigenvalue weighted by Crippen LogP contribution is 2.28. The third-order valence-corrected chi connectivity index (χ3v) is 5.88. The van der Waals surface area contributed by atoms with Crippen LogP contribution in [0, 0.1) is 5.92 Å². The molecule has 0 bridgehead atoms. The van der Waals surface area contributed by atoms with E-state index < -0.39 is 0 Å². The van der Waals surface area contributed by atoms with Crippen molar-refractivity contribution < 1.29 is 9.90 Å². The molecule has 0 spiro atoms. The first kappa shape index (κ1) is 18.1. The Morgan fingerprint density at radius 2 is 1.67 bits per heavy atom. The Kier molecular flexibility index (Phi) is 5.44. The molecule has 0 unspecified atom stereocenters. The second-order valence-corrected chi connectivity index (χ2v) is 7.80. The highest BCUT2D eigenvalue weighted by atomic mass is 16.3. The fraction of sp³-hybridized carbons (Fsp3) is 0.435. The molecule has 1 atom stereocenters. The molecule has 2 saturated heterocycles. The zero-order chi connectivity index (χ0) is 18.6. The van der Waals surface area contributed by atoms with Crippen LogP contribution >= 0.6 is 0 Å². The number of para-hydroxylation sites is 1. The Labute approximate surface area is 161 Å². The van der Waals surface area contributed by atoms with E-state index in [0.717, 1.165) is 55.8 Å². The molecule has 4 nitrogen and oxygen atoms in total. The molecule has 0 aromatic heterocycles. The highest BCUT2D eigenvalue weighted by molar-refractivity contribution is 6.00. The van der Waals surface area contributed by atoms with Gasteiger partial charge in [0.15, 0.2) is 0 Å². The Balaban J connectivity index is 1.42. The maximum atomic E-state index is 13.2. The van der Waals surface area contributed by atoms with Crippen molar-refractivity contribution >= 4 is 11.6 Å². The maximum Gasteiger partial charge on any atom is 0.255 e. The summed E-state index contributed by atoms with van der Waals surface area (Å²) >= 11 is 0. The van der Waals surface area contributed by atoms with Gasteiger partial charge in [-0.1, -0.05) is 36.4 Å². The first-order chi connectivity index (χ1) is 13.2. The van der Waals surface area contributed by atoms with E-state index in [4.69, 9.17) is 0 Å². The second-order valence-electron chi connectivity index (χ2n) is 7.80. The number of carbonyl (C=O) groups excluding carboxylic acids is 1. The summed E-state index contributed by atoms with van der Waals surface area (Å²) in [7, 11) is 0. The van der Waals surface area contributed by atoms with Crippen LogP contribution in [0.4, 0.5) is 5.69 Å². The number of hydrogen-bond donors (Lipinski definition) is 1. The van der Waals surface area contributed by atoms with E-state index in [1.165, 1.54) is 18.4 Å². The van der Waals surface area contributed by atoms with Gasteiger partial charge < -0.3 is 14.9 Å². The predicted molar refractivity (Wildman–Crippen MR) is 108 cm³/mol. The van der Waals surface area contributed by atoms with E-state index in [2.05, 4.69) is 23.1 Å². The van der Waals surface area contributed by atoms with Gasteiger partial charge in [0.2, 0.25) is 0 Å². The number of aliphatic hydroxyl groups excluding tert-OH is 1. The van der Waals surface area contributed by atoms with Crippen LogP contribution in [-0.2, 0) is 13.0 Å². The topological polar surface area (TPSA) is 43.8 Å². The summed E-state index contributed by atoms with van der Waals surface area (Å²) in [5.41, 5.74) is 4.18. The van der Waals surface area contributed by atoms with Gasteiger partial charge in [0.05, 0.1) is 12.2 Å². The van der Waals surface area contributed by atoms with Gasteiger partial charge in [0, 0.05) is 31.9 Å². The number of anilines is 1. The van der Waals surface area contributed by atoms with Gasteiger partial charge in [-0.3, -0.25) is 4.79 Å². The minimum absolute atomic E-state index is 0.0857. The largest absolute Gasteiger partial charge is 0.392 e. The van der Waals surface area contributed by atoms with Crippen LogP contribution in [-0.4, -0.2) is 42.1 Å². The first-order valence-electron chi connectivity index (χ1n) is 10.1. The van der Waals surface area contributed by atoms with Gasteiger partial charge in [0.25, 0.3) is 5.91 Å². The average Bonchev–Trinajstić information content (AvgIpc) is 3.40. The molecule has 2 aromatic carbocycles. The number of carbonyl (C=O) groups is 1. The number of likely N-dealkylation sites (tertiary alicyclic amines) is 1. The fourth-order valence-electron chi connectivity index (χ4n) is 4.36. The SMILES string of the molecule is O=C(c1ccccc1N1CCCC1)N1CC[C@H](Cc2ccc(CO)cc2)C1. The molecule has 2 heterocycles. The molecule has 1 amide bonds. The lowest BCUT2D eigenvalue weighted by atomic mass is 9.98. The molecule has 2 fully saturated rings. The molecule has 1 N–H and O–H groups in total. The maximum absolute atomic E-state index is 13.2. The quantitative estimate of drug-likeness (QED) is 0.883. The molecule has 0 radical (unpaired) electrons. The lowest BCUT2D eigenvalue weighted by Gasteiger charge is -2.24. The van der Waals surface area contributed by atoms with Crippen molar-refractivity contribution in [1.29, 1.82) is 0 Å². The summed E-state index contributed by atoms with van der Waals surface area (Å²) in [6.45, 7) is 3.86. The Hall–Kier alpha value is -2.33. The Morgan fingerprint density at radius 1 is 0.963 bits per heavy atom. The summed E-state index contributed by atoms with van der Waals surface area (Å²) in [5, 5.41) is 9.17. The average molecular weight is 364 g/mol. The number of amides is 1. The molecular formula is C23H28N2O2. The summed E-state index contributed by atoms with van der Waals surface area (Å²) in [5.74, 6) is 0.684. The lowest BCUT2D eigenvalue weighted by molar-refractivity contribution is 0.0787. The minimum Gasteiger partial charge on any atom is -0.392 e. The standard InChI is InChI=1S/C23H28N2O2/c26-17-19-9-7-18(8-10-19)15-20-11-14-25(16-20)23(27)21-5-1-2-6-22(21)24-12-3-4-13-24/h1-2,5-10,20,26H,3-4,11-17H2/t20-/m1/s1. The van der Waals surface area contributed by atoms with Crippen molar-refractivity contribution in [2.75, 3.05) is 31.1 Å². The molecule has 2 aliphatic rings. The molecular weight excluding hydrogens is 336 g/mol. The van der Waals surface area contributed by atoms with Gasteiger partial charge in [-0.2, -0.15) is 0 Å². The monoisotopic (exact) mass is 364 g/mol. The van der Waals surface area contributed by atoms with E-state index in [9.17, 15) is 9.90 Å². The normalized spacial score (nSPS) is 19.7. The van der Waals surface area contributed by atoms with E-state index in [-0.39, 0.29) is 12.5 Å². The summed E-state index contributed by atoms with van der Waals surface area (Å²) in [6, 6.07) is 16.2. The van der Waals surface area contributed by atoms with Gasteiger partial charge in [-0.25, -0.2) is 0 Å². The fourth-order valence-corrected chi connectivity index (χ4v) is 4.36. The van der Waals surface area contributed by atoms with Crippen LogP contribution in [0.15, 0.2) is 48.5 Å². The molecule has 4 rings (SSSR count). The van der Waals surface area contributed by atoms with E-state index in [1.54, 1.807) is 0 Å². The highest BCUT2D eigenvalue weighted by Gasteiger charge is 2.29. The third kappa shape index (κ3) is 4.01. The lowest BCUT2D eigenvalue weighted by Crippen LogP contribution is -2.31. The van der Waals surface area contributed by atoms with E-state index in [0.29, 0.717) is 5.92 Å². The van der Waals surface area contributed by atoms with Gasteiger partial charge in [-0.15, -0.1) is 0 Å². The van der Waals surface area contributed by atoms with Crippen molar-refractivity contribution in [3.8, 4) is 0 Å². The minimum atomic E-state index is 0.0857. The molecule has 142 valence electrons. The molecule has 2 aromatic rings. The second kappa shape index (κ2) is 8.13. The van der Waals surface area contributed by atoms with Crippen LogP contribution in [0.3, 0.4) is 0 Å². The molecule has 27 heavy (non-hydrogen) atoms. The summed E-state index contributed by atoms with van der Waals surface area (Å²) < 4.78 is 0. The smallest absolute Gasteiger partial charge is 0.255 e. The zero-order valence-corrected chi connectivity index (χ0v) is 15.8. The first-order valence-corrected chi connectivity index (χ1v) is 10.1. The van der Waals surface area contributed by atoms with Crippen LogP contribution in [0.5, 0.6) is 0 Å². The van der Waals surface area contributed by atoms with E-state index in [1.807, 2.05) is 35.2 Å². The van der Waals surface area contributed by atoms with Crippen molar-refractivity contribution in [2.24, 2.45) is 5.92 Å². The molecule has 0 aliphatic carbocycles. The number of aliphatic hydroxyl groups is 1. The van der Waals surface area contributed by atoms with Crippen molar-refractivity contribution in [1.82, 2.24) is 4.90 Å². The number of rotatable bonds is 5. The van der Waals surface area contributed by atoms with Crippen LogP contribution in [0.25, 0.3) is 0 Å². The van der Waals surface area contributed by atoms with Gasteiger partial charge in [-0.05, 0) is 54.9 Å². The predicted octanol–water partition coefficient (Wildman–Crippen LogP) is 3.48. The van der Waals surface area contributed by atoms with Gasteiger partial charge >= 0.3 is 0 Å². The molecule has 0 saturated carbocycles. The number of hydrogen-bond acceptors (Lipinski definition) is 3.